The summed E-state index contributed by atoms with van der Waals surface area (Å²) >= 11 is 3.50. The second-order valence-electron chi connectivity index (χ2n) is 4.30. The van der Waals surface area contributed by atoms with E-state index in [1.165, 1.54) is 36.3 Å². The minimum Gasteiger partial charge on any atom is -0.294 e. The molecule has 0 aliphatic heterocycles. The van der Waals surface area contributed by atoms with Crippen molar-refractivity contribution in [3.05, 3.63) is 28.3 Å². The summed E-state index contributed by atoms with van der Waals surface area (Å²) in [4.78, 5) is 11.7. The van der Waals surface area contributed by atoms with Gasteiger partial charge in [0.1, 0.15) is 10.7 Å². The Kier molecular flexibility index (Phi) is 2.10. The zero-order chi connectivity index (χ0) is 11.2. The second kappa shape index (κ2) is 3.65. The molecule has 17 heavy (non-hydrogen) atoms. The van der Waals surface area contributed by atoms with E-state index < -0.39 is 0 Å². The Labute approximate surface area is 107 Å². The molecule has 86 valence electrons. The molecular formula is C12H11N3S2. The van der Waals surface area contributed by atoms with Gasteiger partial charge in [-0.15, -0.1) is 22.7 Å². The van der Waals surface area contributed by atoms with Gasteiger partial charge in [-0.25, -0.2) is 9.97 Å². The highest BCUT2D eigenvalue weighted by atomic mass is 32.1. The molecule has 1 aliphatic rings. The predicted molar refractivity (Wildman–Crippen MR) is 70.8 cm³/mol. The fourth-order valence-corrected chi connectivity index (χ4v) is 4.20. The smallest absolute Gasteiger partial charge is 0.194 e. The number of rotatable bonds is 1. The van der Waals surface area contributed by atoms with Crippen molar-refractivity contribution in [2.75, 3.05) is 0 Å². The first-order valence-corrected chi connectivity index (χ1v) is 7.51. The Bertz CT molecular complexity index is 663. The van der Waals surface area contributed by atoms with Crippen LogP contribution in [0.1, 0.15) is 23.4 Å². The van der Waals surface area contributed by atoms with E-state index in [4.69, 9.17) is 0 Å². The molecule has 0 saturated carbocycles. The van der Waals surface area contributed by atoms with Gasteiger partial charge in [-0.1, -0.05) is 0 Å². The third-order valence-electron chi connectivity index (χ3n) is 3.22. The van der Waals surface area contributed by atoms with Gasteiger partial charge in [0.15, 0.2) is 4.96 Å². The molecule has 3 aromatic rings. The van der Waals surface area contributed by atoms with Crippen LogP contribution in [0.15, 0.2) is 17.8 Å². The molecule has 3 nitrogen and oxygen atoms in total. The number of fused-ring (bicyclic) bond motifs is 3. The quantitative estimate of drug-likeness (QED) is 0.672. The third-order valence-corrected chi connectivity index (χ3v) is 5.17. The van der Waals surface area contributed by atoms with Crippen molar-refractivity contribution in [2.45, 2.75) is 25.7 Å². The average molecular weight is 261 g/mol. The number of hydrogen-bond donors (Lipinski definition) is 0. The van der Waals surface area contributed by atoms with Gasteiger partial charge in [0.2, 0.25) is 0 Å². The maximum atomic E-state index is 4.69. The normalized spacial score (nSPS) is 15.3. The van der Waals surface area contributed by atoms with Crippen LogP contribution >= 0.6 is 22.7 Å². The molecule has 3 aromatic heterocycles. The van der Waals surface area contributed by atoms with Gasteiger partial charge >= 0.3 is 0 Å². The van der Waals surface area contributed by atoms with Crippen LogP contribution in [0.3, 0.4) is 0 Å². The first-order chi connectivity index (χ1) is 8.42. The topological polar surface area (TPSA) is 30.2 Å². The Morgan fingerprint density at radius 2 is 2.18 bits per heavy atom. The number of aryl methyl sites for hydroxylation is 2. The lowest BCUT2D eigenvalue weighted by atomic mass is 10.0. The molecule has 0 fully saturated rings. The molecule has 4 rings (SSSR count). The van der Waals surface area contributed by atoms with Crippen LogP contribution < -0.4 is 0 Å². The van der Waals surface area contributed by atoms with Gasteiger partial charge in [0, 0.05) is 28.3 Å². The van der Waals surface area contributed by atoms with Crippen LogP contribution in [0, 0.1) is 0 Å². The molecule has 5 heteroatoms. The minimum atomic E-state index is 1.01. The van der Waals surface area contributed by atoms with E-state index in [1.807, 2.05) is 22.9 Å². The highest BCUT2D eigenvalue weighted by Gasteiger charge is 2.18. The number of aromatic nitrogens is 3. The van der Waals surface area contributed by atoms with Crippen molar-refractivity contribution in [2.24, 2.45) is 0 Å². The summed E-state index contributed by atoms with van der Waals surface area (Å²) in [6.07, 6.45) is 9.05. The highest BCUT2D eigenvalue weighted by Crippen LogP contribution is 2.32. The highest BCUT2D eigenvalue weighted by molar-refractivity contribution is 7.17. The summed E-state index contributed by atoms with van der Waals surface area (Å²) in [5.74, 6) is 0. The standard InChI is InChI=1S/C12H11N3S2/c1-2-4-10-9(3-1)15-7-8(14-12(15)17-10)11-13-5-6-16-11/h5-7H,1-4H2. The molecule has 3 heterocycles. The summed E-state index contributed by atoms with van der Waals surface area (Å²) in [5, 5.41) is 3.02. The van der Waals surface area contributed by atoms with Crippen LogP contribution in [0.4, 0.5) is 0 Å². The zero-order valence-corrected chi connectivity index (χ0v) is 10.9. The van der Waals surface area contributed by atoms with Gasteiger partial charge in [0.25, 0.3) is 0 Å². The summed E-state index contributed by atoms with van der Waals surface area (Å²) in [7, 11) is 0. The van der Waals surface area contributed by atoms with Crippen molar-refractivity contribution in [3.63, 3.8) is 0 Å². The van der Waals surface area contributed by atoms with Crippen molar-refractivity contribution < 1.29 is 0 Å². The molecule has 0 atom stereocenters. The monoisotopic (exact) mass is 261 g/mol. The molecule has 0 radical (unpaired) electrons. The Hall–Kier alpha value is -1.20. The molecular weight excluding hydrogens is 250 g/mol. The Morgan fingerprint density at radius 1 is 1.24 bits per heavy atom. The van der Waals surface area contributed by atoms with Crippen LogP contribution in [0.5, 0.6) is 0 Å². The first kappa shape index (κ1) is 9.79. The molecule has 1 aliphatic carbocycles. The average Bonchev–Trinajstić information content (AvgIpc) is 3.03. The second-order valence-corrected chi connectivity index (χ2v) is 6.25. The lowest BCUT2D eigenvalue weighted by Gasteiger charge is -2.09. The molecule has 0 aromatic carbocycles. The SMILES string of the molecule is c1csc(-c2cn3c4c(sc3n2)CCCC4)n1. The van der Waals surface area contributed by atoms with E-state index in [9.17, 15) is 0 Å². The lowest BCUT2D eigenvalue weighted by Crippen LogP contribution is -2.01. The van der Waals surface area contributed by atoms with E-state index in [0.29, 0.717) is 0 Å². The van der Waals surface area contributed by atoms with Crippen LogP contribution in [0.25, 0.3) is 15.7 Å². The Balaban J connectivity index is 1.91. The maximum absolute atomic E-state index is 4.69. The molecule has 0 unspecified atom stereocenters. The van der Waals surface area contributed by atoms with Crippen molar-refractivity contribution in [1.29, 1.82) is 0 Å². The summed E-state index contributed by atoms with van der Waals surface area (Å²) < 4.78 is 2.27. The maximum Gasteiger partial charge on any atom is 0.194 e. The molecule has 0 N–H and O–H groups in total. The van der Waals surface area contributed by atoms with Crippen LogP contribution in [-0.2, 0) is 12.8 Å². The first-order valence-electron chi connectivity index (χ1n) is 5.81. The predicted octanol–water partition coefficient (Wildman–Crippen LogP) is 3.40. The Morgan fingerprint density at radius 3 is 3.06 bits per heavy atom. The fourth-order valence-electron chi connectivity index (χ4n) is 2.42. The third kappa shape index (κ3) is 1.46. The van der Waals surface area contributed by atoms with Gasteiger partial charge in [-0.05, 0) is 25.7 Å². The molecule has 0 spiro atoms. The number of thiazole rings is 2. The van der Waals surface area contributed by atoms with Gasteiger partial charge < -0.3 is 0 Å². The van der Waals surface area contributed by atoms with E-state index in [0.717, 1.165) is 15.7 Å². The van der Waals surface area contributed by atoms with Gasteiger partial charge in [-0.2, -0.15) is 0 Å². The van der Waals surface area contributed by atoms with Crippen molar-refractivity contribution in [1.82, 2.24) is 14.4 Å². The molecule has 0 amide bonds. The van der Waals surface area contributed by atoms with Crippen LogP contribution in [0.2, 0.25) is 0 Å². The number of hydrogen-bond acceptors (Lipinski definition) is 4. The lowest BCUT2D eigenvalue weighted by molar-refractivity contribution is 0.674. The largest absolute Gasteiger partial charge is 0.294 e. The van der Waals surface area contributed by atoms with E-state index in [2.05, 4.69) is 20.6 Å². The number of nitrogens with zero attached hydrogens (tertiary/aromatic N) is 3. The van der Waals surface area contributed by atoms with E-state index in [1.54, 1.807) is 11.3 Å². The van der Waals surface area contributed by atoms with E-state index in [-0.39, 0.29) is 0 Å². The molecule has 0 bridgehead atoms. The minimum absolute atomic E-state index is 1.01. The van der Waals surface area contributed by atoms with Gasteiger partial charge in [-0.3, -0.25) is 4.40 Å². The number of imidazole rings is 1. The van der Waals surface area contributed by atoms with E-state index >= 15 is 0 Å². The van der Waals surface area contributed by atoms with Crippen molar-refractivity contribution >= 4 is 27.6 Å². The summed E-state index contributed by atoms with van der Waals surface area (Å²) in [6.45, 7) is 0. The molecule has 0 saturated heterocycles. The zero-order valence-electron chi connectivity index (χ0n) is 9.22. The summed E-state index contributed by atoms with van der Waals surface area (Å²) in [5.41, 5.74) is 2.49. The van der Waals surface area contributed by atoms with Crippen molar-refractivity contribution in [3.8, 4) is 10.7 Å². The fraction of sp³-hybridized carbons (Fsp3) is 0.333. The summed E-state index contributed by atoms with van der Waals surface area (Å²) in [6, 6.07) is 0. The van der Waals surface area contributed by atoms with Gasteiger partial charge in [0.05, 0.1) is 0 Å². The van der Waals surface area contributed by atoms with Crippen LogP contribution in [-0.4, -0.2) is 14.4 Å².